The minimum atomic E-state index is -1.03. The van der Waals surface area contributed by atoms with E-state index in [2.05, 4.69) is 4.98 Å². The molecule has 0 amide bonds. The van der Waals surface area contributed by atoms with Crippen LogP contribution < -0.4 is 5.73 Å². The lowest BCUT2D eigenvalue weighted by Gasteiger charge is -2.03. The van der Waals surface area contributed by atoms with Gasteiger partial charge in [0.25, 0.3) is 0 Å². The number of carbonyl (C=O) groups is 1. The van der Waals surface area contributed by atoms with Gasteiger partial charge in [0.2, 0.25) is 0 Å². The summed E-state index contributed by atoms with van der Waals surface area (Å²) in [4.78, 5) is 15.5. The average molecular weight is 267 g/mol. The first-order valence-electron chi connectivity index (χ1n) is 6.20. The Balaban J connectivity index is 2.28. The number of benzene rings is 1. The zero-order valence-corrected chi connectivity index (χ0v) is 10.7. The fourth-order valence-electron chi connectivity index (χ4n) is 2.24. The Labute approximate surface area is 115 Å². The standard InChI is InChI=1S/C15H13N3O2/c16-9-10-4-3-5-11(8-10)14-17-13(15(19)20)12-6-1-2-7-18(12)14/h1-8H,9,16H2,(H,19,20). The van der Waals surface area contributed by atoms with Gasteiger partial charge in [-0.25, -0.2) is 9.78 Å². The molecule has 0 aliphatic rings. The maximum Gasteiger partial charge on any atom is 0.356 e. The molecule has 1 aromatic carbocycles. The van der Waals surface area contributed by atoms with Crippen LogP contribution in [-0.2, 0) is 6.54 Å². The summed E-state index contributed by atoms with van der Waals surface area (Å²) < 4.78 is 1.78. The first kappa shape index (κ1) is 12.4. The van der Waals surface area contributed by atoms with Crippen molar-refractivity contribution in [2.24, 2.45) is 5.73 Å². The van der Waals surface area contributed by atoms with Crippen LogP contribution in [0.4, 0.5) is 0 Å². The number of aromatic carboxylic acids is 1. The van der Waals surface area contributed by atoms with Crippen LogP contribution in [-0.4, -0.2) is 20.5 Å². The number of hydrogen-bond donors (Lipinski definition) is 2. The molecule has 0 saturated heterocycles. The van der Waals surface area contributed by atoms with Crippen LogP contribution in [0.2, 0.25) is 0 Å². The second-order valence-corrected chi connectivity index (χ2v) is 4.45. The number of rotatable bonds is 3. The Bertz CT molecular complexity index is 793. The van der Waals surface area contributed by atoms with E-state index < -0.39 is 5.97 Å². The highest BCUT2D eigenvalue weighted by atomic mass is 16.4. The Kier molecular flexibility index (Phi) is 2.96. The molecule has 3 N–H and O–H groups in total. The summed E-state index contributed by atoms with van der Waals surface area (Å²) in [5.74, 6) is -0.428. The van der Waals surface area contributed by atoms with Gasteiger partial charge in [0.15, 0.2) is 5.69 Å². The fraction of sp³-hybridized carbons (Fsp3) is 0.0667. The number of pyridine rings is 1. The van der Waals surface area contributed by atoms with Gasteiger partial charge in [0.05, 0.1) is 5.52 Å². The first-order valence-corrected chi connectivity index (χ1v) is 6.20. The summed E-state index contributed by atoms with van der Waals surface area (Å²) in [7, 11) is 0. The molecule has 3 rings (SSSR count). The maximum atomic E-state index is 11.3. The Morgan fingerprint density at radius 2 is 2.10 bits per heavy atom. The summed E-state index contributed by atoms with van der Waals surface area (Å²) in [6.45, 7) is 0.433. The van der Waals surface area contributed by atoms with Crippen molar-refractivity contribution in [2.45, 2.75) is 6.54 Å². The maximum absolute atomic E-state index is 11.3. The van der Waals surface area contributed by atoms with E-state index in [-0.39, 0.29) is 5.69 Å². The molecule has 2 heterocycles. The van der Waals surface area contributed by atoms with E-state index in [0.717, 1.165) is 11.1 Å². The number of nitrogens with two attached hydrogens (primary N) is 1. The van der Waals surface area contributed by atoms with Crippen LogP contribution in [0, 0.1) is 0 Å². The SMILES string of the molecule is NCc1cccc(-c2nc(C(=O)O)c3ccccn23)c1. The molecule has 5 nitrogen and oxygen atoms in total. The van der Waals surface area contributed by atoms with Gasteiger partial charge in [0.1, 0.15) is 5.82 Å². The van der Waals surface area contributed by atoms with Crippen molar-refractivity contribution in [3.63, 3.8) is 0 Å². The third kappa shape index (κ3) is 1.94. The zero-order valence-electron chi connectivity index (χ0n) is 10.7. The highest BCUT2D eigenvalue weighted by Gasteiger charge is 2.17. The Morgan fingerprint density at radius 1 is 1.25 bits per heavy atom. The average Bonchev–Trinajstić information content (AvgIpc) is 2.87. The van der Waals surface area contributed by atoms with Crippen LogP contribution in [0.15, 0.2) is 48.7 Å². The lowest BCUT2D eigenvalue weighted by Crippen LogP contribution is -1.97. The number of imidazole rings is 1. The van der Waals surface area contributed by atoms with Gasteiger partial charge >= 0.3 is 5.97 Å². The molecule has 0 aliphatic heterocycles. The minimum absolute atomic E-state index is 0.0544. The quantitative estimate of drug-likeness (QED) is 0.762. The van der Waals surface area contributed by atoms with E-state index in [4.69, 9.17) is 5.73 Å². The van der Waals surface area contributed by atoms with Crippen molar-refractivity contribution in [3.05, 3.63) is 59.9 Å². The zero-order chi connectivity index (χ0) is 14.1. The molecule has 0 spiro atoms. The topological polar surface area (TPSA) is 80.6 Å². The lowest BCUT2D eigenvalue weighted by atomic mass is 10.1. The highest BCUT2D eigenvalue weighted by molar-refractivity contribution is 5.94. The largest absolute Gasteiger partial charge is 0.476 e. The number of hydrogen-bond acceptors (Lipinski definition) is 3. The summed E-state index contributed by atoms with van der Waals surface area (Å²) in [5.41, 5.74) is 8.10. The molecule has 0 saturated carbocycles. The second-order valence-electron chi connectivity index (χ2n) is 4.45. The Hall–Kier alpha value is -2.66. The van der Waals surface area contributed by atoms with Crippen molar-refractivity contribution in [3.8, 4) is 11.4 Å². The summed E-state index contributed by atoms with van der Waals surface area (Å²) in [6, 6.07) is 13.0. The van der Waals surface area contributed by atoms with Crippen molar-refractivity contribution in [2.75, 3.05) is 0 Å². The predicted octanol–water partition coefficient (Wildman–Crippen LogP) is 2.16. The van der Waals surface area contributed by atoms with E-state index >= 15 is 0 Å². The molecule has 3 aromatic rings. The lowest BCUT2D eigenvalue weighted by molar-refractivity contribution is 0.0693. The van der Waals surface area contributed by atoms with Gasteiger partial charge in [-0.05, 0) is 23.8 Å². The van der Waals surface area contributed by atoms with Gasteiger partial charge in [-0.2, -0.15) is 0 Å². The van der Waals surface area contributed by atoms with Crippen LogP contribution in [0.1, 0.15) is 16.1 Å². The van der Waals surface area contributed by atoms with Gasteiger partial charge < -0.3 is 10.8 Å². The number of carboxylic acids is 1. The van der Waals surface area contributed by atoms with Crippen LogP contribution in [0.3, 0.4) is 0 Å². The van der Waals surface area contributed by atoms with E-state index in [0.29, 0.717) is 17.9 Å². The highest BCUT2D eigenvalue weighted by Crippen LogP contribution is 2.23. The van der Waals surface area contributed by atoms with Gasteiger partial charge in [-0.15, -0.1) is 0 Å². The van der Waals surface area contributed by atoms with Gasteiger partial charge in [-0.1, -0.05) is 24.3 Å². The van der Waals surface area contributed by atoms with E-state index in [9.17, 15) is 9.90 Å². The molecule has 0 bridgehead atoms. The Morgan fingerprint density at radius 3 is 2.85 bits per heavy atom. The molecular formula is C15H13N3O2. The van der Waals surface area contributed by atoms with Crippen molar-refractivity contribution in [1.82, 2.24) is 9.38 Å². The third-order valence-corrected chi connectivity index (χ3v) is 3.17. The summed E-state index contributed by atoms with van der Waals surface area (Å²) in [6.07, 6.45) is 1.80. The minimum Gasteiger partial charge on any atom is -0.476 e. The van der Waals surface area contributed by atoms with Gasteiger partial charge in [0, 0.05) is 18.3 Å². The van der Waals surface area contributed by atoms with Crippen LogP contribution in [0.5, 0.6) is 0 Å². The predicted molar refractivity (Wildman–Crippen MR) is 75.5 cm³/mol. The molecule has 5 heteroatoms. The van der Waals surface area contributed by atoms with Crippen LogP contribution >= 0.6 is 0 Å². The van der Waals surface area contributed by atoms with E-state index in [1.54, 1.807) is 22.7 Å². The van der Waals surface area contributed by atoms with E-state index in [1.807, 2.05) is 30.3 Å². The molecule has 0 atom stereocenters. The van der Waals surface area contributed by atoms with Crippen molar-refractivity contribution in [1.29, 1.82) is 0 Å². The number of aromatic nitrogens is 2. The van der Waals surface area contributed by atoms with Crippen molar-refractivity contribution >= 4 is 11.5 Å². The number of fused-ring (bicyclic) bond motifs is 1. The molecule has 0 unspecified atom stereocenters. The monoisotopic (exact) mass is 267 g/mol. The molecule has 0 radical (unpaired) electrons. The molecule has 2 aromatic heterocycles. The fourth-order valence-corrected chi connectivity index (χ4v) is 2.24. The summed E-state index contributed by atoms with van der Waals surface area (Å²) in [5, 5.41) is 9.25. The normalized spacial score (nSPS) is 10.8. The van der Waals surface area contributed by atoms with E-state index in [1.165, 1.54) is 0 Å². The molecule has 100 valence electrons. The number of carboxylic acid groups (broad SMARTS) is 1. The first-order chi connectivity index (χ1) is 9.70. The summed E-state index contributed by atoms with van der Waals surface area (Å²) >= 11 is 0. The molecule has 0 aliphatic carbocycles. The third-order valence-electron chi connectivity index (χ3n) is 3.17. The second kappa shape index (κ2) is 4.79. The molecule has 0 fully saturated rings. The smallest absolute Gasteiger partial charge is 0.356 e. The molecular weight excluding hydrogens is 254 g/mol. The van der Waals surface area contributed by atoms with Gasteiger partial charge in [-0.3, -0.25) is 4.40 Å². The van der Waals surface area contributed by atoms with Crippen molar-refractivity contribution < 1.29 is 9.90 Å². The van der Waals surface area contributed by atoms with Crippen LogP contribution in [0.25, 0.3) is 16.9 Å². The molecule has 20 heavy (non-hydrogen) atoms. The number of nitrogens with zero attached hydrogens (tertiary/aromatic N) is 2.